The van der Waals surface area contributed by atoms with Gasteiger partial charge < -0.3 is 0 Å². The summed E-state index contributed by atoms with van der Waals surface area (Å²) in [6.07, 6.45) is 3.18. The van der Waals surface area contributed by atoms with E-state index in [9.17, 15) is 0 Å². The number of hydrogen-bond acceptors (Lipinski definition) is 2. The third kappa shape index (κ3) is 3.42. The van der Waals surface area contributed by atoms with Crippen molar-refractivity contribution in [3.05, 3.63) is 59.7 Å². The van der Waals surface area contributed by atoms with E-state index in [0.717, 1.165) is 24.3 Å². The van der Waals surface area contributed by atoms with Gasteiger partial charge in [0.2, 0.25) is 0 Å². The van der Waals surface area contributed by atoms with E-state index in [-0.39, 0.29) is 34.1 Å². The molecule has 2 aliphatic rings. The molecular formula is C18H18O2Te2. The van der Waals surface area contributed by atoms with E-state index in [4.69, 9.17) is 9.47 Å². The molecule has 2 unspecified atom stereocenters. The molecule has 0 aromatic heterocycles. The Bertz CT molecular complexity index is 552. The first kappa shape index (κ1) is 15.2. The van der Waals surface area contributed by atoms with Gasteiger partial charge in [0.1, 0.15) is 0 Å². The van der Waals surface area contributed by atoms with Crippen LogP contribution in [0.4, 0.5) is 0 Å². The Labute approximate surface area is 147 Å². The number of benzene rings is 2. The Kier molecular flexibility index (Phi) is 4.84. The van der Waals surface area contributed by atoms with Crippen LogP contribution < -0.4 is 9.47 Å². The minimum absolute atomic E-state index is 0.154. The number of rotatable bonds is 5. The molecule has 0 amide bonds. The van der Waals surface area contributed by atoms with Gasteiger partial charge in [-0.25, -0.2) is 0 Å². The van der Waals surface area contributed by atoms with Gasteiger partial charge in [-0.2, -0.15) is 0 Å². The second-order valence-corrected chi connectivity index (χ2v) is 17.9. The number of fused-ring (bicyclic) bond motifs is 2. The van der Waals surface area contributed by atoms with Gasteiger partial charge in [-0.1, -0.05) is 0 Å². The van der Waals surface area contributed by atoms with Crippen molar-refractivity contribution in [3.63, 3.8) is 0 Å². The molecule has 0 bridgehead atoms. The predicted molar refractivity (Wildman–Crippen MR) is 90.2 cm³/mol. The molecule has 0 aliphatic carbocycles. The summed E-state index contributed by atoms with van der Waals surface area (Å²) in [5.74, 6) is 2.24. The molecule has 0 N–H and O–H groups in total. The first-order valence-corrected chi connectivity index (χ1v) is 18.2. The van der Waals surface area contributed by atoms with E-state index in [2.05, 4.69) is 48.5 Å². The third-order valence-corrected chi connectivity index (χ3v) is 15.8. The number of ether oxygens (including phenoxy) is 2. The fraction of sp³-hybridized carbons (Fsp3) is 0.333. The third-order valence-electron chi connectivity index (χ3n) is 4.02. The van der Waals surface area contributed by atoms with E-state index in [1.54, 1.807) is 0 Å². The predicted octanol–water partition coefficient (Wildman–Crippen LogP) is 3.15. The Morgan fingerprint density at radius 3 is 1.64 bits per heavy atom. The maximum atomic E-state index is 6.05. The van der Waals surface area contributed by atoms with Gasteiger partial charge in [0.05, 0.1) is 0 Å². The SMILES string of the molecule is c1ccc2c(c1)CC(C[Te][Te]CC1Cc3ccccc3O1)O2. The van der Waals surface area contributed by atoms with Crippen molar-refractivity contribution in [2.45, 2.75) is 34.0 Å². The van der Waals surface area contributed by atoms with Crippen LogP contribution in [-0.2, 0) is 12.8 Å². The van der Waals surface area contributed by atoms with Crippen LogP contribution in [0.25, 0.3) is 0 Å². The van der Waals surface area contributed by atoms with Crippen LogP contribution in [0.3, 0.4) is 0 Å². The fourth-order valence-corrected chi connectivity index (χ4v) is 14.9. The van der Waals surface area contributed by atoms with E-state index >= 15 is 0 Å². The van der Waals surface area contributed by atoms with Crippen LogP contribution in [0, 0.1) is 0 Å². The van der Waals surface area contributed by atoms with Crippen molar-refractivity contribution in [1.82, 2.24) is 0 Å². The van der Waals surface area contributed by atoms with Crippen LogP contribution in [0.15, 0.2) is 48.5 Å². The zero-order valence-corrected chi connectivity index (χ0v) is 16.9. The van der Waals surface area contributed by atoms with Crippen molar-refractivity contribution in [2.24, 2.45) is 0 Å². The minimum atomic E-state index is 0.154. The van der Waals surface area contributed by atoms with Crippen LogP contribution in [0.5, 0.6) is 11.5 Å². The number of hydrogen-bond donors (Lipinski definition) is 0. The normalized spacial score (nSPS) is 21.8. The Morgan fingerprint density at radius 1 is 0.727 bits per heavy atom. The summed E-state index contributed by atoms with van der Waals surface area (Å²) in [5, 5.41) is 0. The van der Waals surface area contributed by atoms with E-state index in [0.29, 0.717) is 12.2 Å². The molecule has 2 heterocycles. The summed E-state index contributed by atoms with van der Waals surface area (Å²) in [4.78, 5) is 0. The summed E-state index contributed by atoms with van der Waals surface area (Å²) in [5.41, 5.74) is 2.80. The fourth-order valence-electron chi connectivity index (χ4n) is 2.94. The van der Waals surface area contributed by atoms with Gasteiger partial charge in [0.15, 0.2) is 0 Å². The van der Waals surface area contributed by atoms with Crippen molar-refractivity contribution >= 4 is 34.1 Å². The summed E-state index contributed by atoms with van der Waals surface area (Å²) in [6, 6.07) is 17.0. The molecule has 2 aromatic rings. The Balaban J connectivity index is 1.19. The van der Waals surface area contributed by atoms with Crippen LogP contribution in [0.2, 0.25) is 8.94 Å². The summed E-state index contributed by atoms with van der Waals surface area (Å²) in [7, 11) is 0. The first-order valence-electron chi connectivity index (χ1n) is 7.62. The molecule has 0 fully saturated rings. The quantitative estimate of drug-likeness (QED) is 0.445. The zero-order chi connectivity index (χ0) is 14.8. The molecular weight excluding hydrogens is 503 g/mol. The molecule has 2 nitrogen and oxygen atoms in total. The van der Waals surface area contributed by atoms with Crippen molar-refractivity contribution in [1.29, 1.82) is 0 Å². The topological polar surface area (TPSA) is 18.5 Å². The molecule has 2 aliphatic heterocycles. The molecule has 4 rings (SSSR count). The van der Waals surface area contributed by atoms with Gasteiger partial charge in [-0.3, -0.25) is 0 Å². The van der Waals surface area contributed by atoms with Crippen LogP contribution >= 0.6 is 0 Å². The van der Waals surface area contributed by atoms with Crippen LogP contribution in [0.1, 0.15) is 11.1 Å². The van der Waals surface area contributed by atoms with E-state index in [1.807, 2.05) is 0 Å². The summed E-state index contributed by atoms with van der Waals surface area (Å²) >= 11 is 0.309. The molecule has 2 atom stereocenters. The summed E-state index contributed by atoms with van der Waals surface area (Å²) < 4.78 is 14.8. The van der Waals surface area contributed by atoms with Crippen molar-refractivity contribution in [2.75, 3.05) is 0 Å². The monoisotopic (exact) mass is 526 g/mol. The van der Waals surface area contributed by atoms with Crippen molar-refractivity contribution < 1.29 is 9.47 Å². The van der Waals surface area contributed by atoms with Gasteiger partial charge in [0.25, 0.3) is 0 Å². The second kappa shape index (κ2) is 7.02. The standard InChI is InChI=1S/C18H18O2Te2/c1-3-7-17-13(5-1)9-15(19-17)11-21-22-12-16-10-14-6-2-4-8-18(14)20-16/h1-8,15-16H,9-12H2. The molecule has 114 valence electrons. The molecule has 4 heteroatoms. The summed E-state index contributed by atoms with van der Waals surface area (Å²) in [6.45, 7) is 0. The van der Waals surface area contributed by atoms with Crippen LogP contribution in [-0.4, -0.2) is 46.3 Å². The van der Waals surface area contributed by atoms with Crippen molar-refractivity contribution in [3.8, 4) is 11.5 Å². The second-order valence-electron chi connectivity index (χ2n) is 5.67. The van der Waals surface area contributed by atoms with Gasteiger partial charge in [-0.05, 0) is 0 Å². The van der Waals surface area contributed by atoms with Gasteiger partial charge in [-0.15, -0.1) is 0 Å². The first-order chi connectivity index (χ1) is 10.9. The van der Waals surface area contributed by atoms with E-state index in [1.165, 1.54) is 20.1 Å². The number of para-hydroxylation sites is 2. The Hall–Kier alpha value is -0.381. The average Bonchev–Trinajstić information content (AvgIpc) is 3.14. The van der Waals surface area contributed by atoms with Gasteiger partial charge in [0, 0.05) is 0 Å². The zero-order valence-electron chi connectivity index (χ0n) is 12.2. The Morgan fingerprint density at radius 2 is 1.18 bits per heavy atom. The van der Waals surface area contributed by atoms with Gasteiger partial charge >= 0.3 is 149 Å². The molecule has 22 heavy (non-hydrogen) atoms. The molecule has 2 aromatic carbocycles. The molecule has 0 saturated carbocycles. The maximum absolute atomic E-state index is 6.05. The molecule has 0 saturated heterocycles. The van der Waals surface area contributed by atoms with E-state index < -0.39 is 0 Å². The average molecular weight is 522 g/mol. The molecule has 0 radical (unpaired) electrons. The molecule has 0 spiro atoms.